The Hall–Kier alpha value is -0.0800. The summed E-state index contributed by atoms with van der Waals surface area (Å²) in [5, 5.41) is 3.45. The van der Waals surface area contributed by atoms with E-state index in [1.54, 1.807) is 0 Å². The van der Waals surface area contributed by atoms with Gasteiger partial charge in [-0.05, 0) is 58.8 Å². The molecule has 0 saturated heterocycles. The van der Waals surface area contributed by atoms with Crippen molar-refractivity contribution in [3.05, 3.63) is 0 Å². The fourth-order valence-corrected chi connectivity index (χ4v) is 2.64. The molecular formula is C12H26N2. The zero-order valence-electron chi connectivity index (χ0n) is 10.1. The average molecular weight is 198 g/mol. The fourth-order valence-electron chi connectivity index (χ4n) is 2.64. The molecule has 1 aliphatic carbocycles. The van der Waals surface area contributed by atoms with Gasteiger partial charge < -0.3 is 10.2 Å². The van der Waals surface area contributed by atoms with Gasteiger partial charge in [0, 0.05) is 6.04 Å². The van der Waals surface area contributed by atoms with Crippen LogP contribution in [0, 0.1) is 5.92 Å². The van der Waals surface area contributed by atoms with Crippen LogP contribution in [0.3, 0.4) is 0 Å². The quantitative estimate of drug-likeness (QED) is 0.703. The first-order valence-electron chi connectivity index (χ1n) is 6.13. The van der Waals surface area contributed by atoms with Gasteiger partial charge in [0.2, 0.25) is 0 Å². The largest absolute Gasteiger partial charge is 0.317 e. The Morgan fingerprint density at radius 1 is 1.29 bits per heavy atom. The molecular weight excluding hydrogens is 172 g/mol. The molecule has 2 heteroatoms. The van der Waals surface area contributed by atoms with Crippen LogP contribution >= 0.6 is 0 Å². The van der Waals surface area contributed by atoms with Crippen molar-refractivity contribution >= 4 is 0 Å². The normalized spacial score (nSPS) is 27.4. The molecule has 1 aliphatic rings. The SMILES string of the molecule is CCCN(C)CCC1CCCC1NC. The molecule has 14 heavy (non-hydrogen) atoms. The predicted molar refractivity (Wildman–Crippen MR) is 62.6 cm³/mol. The molecule has 0 heterocycles. The third-order valence-corrected chi connectivity index (χ3v) is 3.52. The summed E-state index contributed by atoms with van der Waals surface area (Å²) in [6, 6.07) is 0.796. The summed E-state index contributed by atoms with van der Waals surface area (Å²) in [5.74, 6) is 0.930. The van der Waals surface area contributed by atoms with Crippen LogP contribution in [0.1, 0.15) is 39.0 Å². The summed E-state index contributed by atoms with van der Waals surface area (Å²) in [6.45, 7) is 4.77. The van der Waals surface area contributed by atoms with Crippen molar-refractivity contribution in [2.75, 3.05) is 27.2 Å². The molecule has 0 aliphatic heterocycles. The van der Waals surface area contributed by atoms with E-state index in [2.05, 4.69) is 31.2 Å². The van der Waals surface area contributed by atoms with Crippen LogP contribution in [0.5, 0.6) is 0 Å². The molecule has 0 bridgehead atoms. The van der Waals surface area contributed by atoms with Crippen molar-refractivity contribution in [3.63, 3.8) is 0 Å². The Balaban J connectivity index is 2.16. The highest BCUT2D eigenvalue weighted by molar-refractivity contribution is 4.82. The molecule has 0 amide bonds. The van der Waals surface area contributed by atoms with Gasteiger partial charge in [-0.2, -0.15) is 0 Å². The van der Waals surface area contributed by atoms with E-state index in [1.165, 1.54) is 45.2 Å². The van der Waals surface area contributed by atoms with Gasteiger partial charge in [0.15, 0.2) is 0 Å². The number of nitrogens with zero attached hydrogens (tertiary/aromatic N) is 1. The number of hydrogen-bond acceptors (Lipinski definition) is 2. The van der Waals surface area contributed by atoms with Crippen molar-refractivity contribution < 1.29 is 0 Å². The summed E-state index contributed by atoms with van der Waals surface area (Å²) in [7, 11) is 4.35. The van der Waals surface area contributed by atoms with Gasteiger partial charge in [-0.25, -0.2) is 0 Å². The Labute approximate surface area is 89.1 Å². The minimum Gasteiger partial charge on any atom is -0.317 e. The van der Waals surface area contributed by atoms with E-state index in [9.17, 15) is 0 Å². The number of rotatable bonds is 6. The molecule has 1 N–H and O–H groups in total. The molecule has 84 valence electrons. The van der Waals surface area contributed by atoms with Crippen LogP contribution in [0.25, 0.3) is 0 Å². The van der Waals surface area contributed by atoms with Gasteiger partial charge in [0.25, 0.3) is 0 Å². The zero-order chi connectivity index (χ0) is 10.4. The smallest absolute Gasteiger partial charge is 0.00928 e. The zero-order valence-corrected chi connectivity index (χ0v) is 10.1. The number of hydrogen-bond donors (Lipinski definition) is 1. The van der Waals surface area contributed by atoms with Crippen LogP contribution in [0.15, 0.2) is 0 Å². The standard InChI is InChI=1S/C12H26N2/c1-4-9-14(3)10-8-11-6-5-7-12(11)13-2/h11-13H,4-10H2,1-3H3. The second-order valence-corrected chi connectivity index (χ2v) is 4.68. The predicted octanol–water partition coefficient (Wildman–Crippen LogP) is 2.11. The van der Waals surface area contributed by atoms with Crippen LogP contribution in [-0.4, -0.2) is 38.1 Å². The average Bonchev–Trinajstić information content (AvgIpc) is 2.62. The highest BCUT2D eigenvalue weighted by Crippen LogP contribution is 2.28. The molecule has 1 rings (SSSR count). The van der Waals surface area contributed by atoms with Crippen LogP contribution in [0.4, 0.5) is 0 Å². The van der Waals surface area contributed by atoms with E-state index < -0.39 is 0 Å². The Kier molecular flexibility index (Phi) is 5.49. The maximum absolute atomic E-state index is 3.45. The van der Waals surface area contributed by atoms with Crippen molar-refractivity contribution in [2.24, 2.45) is 5.92 Å². The van der Waals surface area contributed by atoms with E-state index in [0.29, 0.717) is 0 Å². The summed E-state index contributed by atoms with van der Waals surface area (Å²) in [5.41, 5.74) is 0. The van der Waals surface area contributed by atoms with Gasteiger partial charge in [0.05, 0.1) is 0 Å². The monoisotopic (exact) mass is 198 g/mol. The second kappa shape index (κ2) is 6.41. The minimum atomic E-state index is 0.796. The molecule has 0 aromatic rings. The van der Waals surface area contributed by atoms with Crippen LogP contribution < -0.4 is 5.32 Å². The van der Waals surface area contributed by atoms with Gasteiger partial charge in [-0.1, -0.05) is 13.3 Å². The molecule has 2 atom stereocenters. The first-order valence-corrected chi connectivity index (χ1v) is 6.13. The summed E-state index contributed by atoms with van der Waals surface area (Å²) in [6.07, 6.45) is 6.90. The maximum Gasteiger partial charge on any atom is 0.00928 e. The molecule has 0 aromatic carbocycles. The van der Waals surface area contributed by atoms with Gasteiger partial charge in [-0.15, -0.1) is 0 Å². The van der Waals surface area contributed by atoms with E-state index in [-0.39, 0.29) is 0 Å². The molecule has 0 radical (unpaired) electrons. The van der Waals surface area contributed by atoms with Gasteiger partial charge in [0.1, 0.15) is 0 Å². The topological polar surface area (TPSA) is 15.3 Å². The lowest BCUT2D eigenvalue weighted by Gasteiger charge is -2.22. The van der Waals surface area contributed by atoms with Crippen molar-refractivity contribution in [2.45, 2.75) is 45.1 Å². The fraction of sp³-hybridized carbons (Fsp3) is 1.00. The van der Waals surface area contributed by atoms with Crippen LogP contribution in [-0.2, 0) is 0 Å². The van der Waals surface area contributed by atoms with Gasteiger partial charge >= 0.3 is 0 Å². The first-order chi connectivity index (χ1) is 6.77. The summed E-state index contributed by atoms with van der Waals surface area (Å²) in [4.78, 5) is 2.46. The molecule has 1 fully saturated rings. The highest BCUT2D eigenvalue weighted by Gasteiger charge is 2.25. The van der Waals surface area contributed by atoms with E-state index in [4.69, 9.17) is 0 Å². The molecule has 1 saturated carbocycles. The Morgan fingerprint density at radius 2 is 2.07 bits per heavy atom. The molecule has 0 aromatic heterocycles. The Morgan fingerprint density at radius 3 is 2.71 bits per heavy atom. The Bertz CT molecular complexity index is 147. The molecule has 2 unspecified atom stereocenters. The lowest BCUT2D eigenvalue weighted by Crippen LogP contribution is -2.31. The maximum atomic E-state index is 3.45. The van der Waals surface area contributed by atoms with Crippen molar-refractivity contribution in [3.8, 4) is 0 Å². The number of nitrogens with one attached hydrogen (secondary N) is 1. The lowest BCUT2D eigenvalue weighted by molar-refractivity contribution is 0.284. The lowest BCUT2D eigenvalue weighted by atomic mass is 9.99. The van der Waals surface area contributed by atoms with Gasteiger partial charge in [-0.3, -0.25) is 0 Å². The first kappa shape index (κ1) is 12.0. The third-order valence-electron chi connectivity index (χ3n) is 3.52. The summed E-state index contributed by atoms with van der Waals surface area (Å²) >= 11 is 0. The summed E-state index contributed by atoms with van der Waals surface area (Å²) < 4.78 is 0. The third kappa shape index (κ3) is 3.58. The van der Waals surface area contributed by atoms with Crippen molar-refractivity contribution in [1.82, 2.24) is 10.2 Å². The van der Waals surface area contributed by atoms with Crippen molar-refractivity contribution in [1.29, 1.82) is 0 Å². The molecule has 0 spiro atoms. The minimum absolute atomic E-state index is 0.796. The van der Waals surface area contributed by atoms with E-state index >= 15 is 0 Å². The van der Waals surface area contributed by atoms with E-state index in [0.717, 1.165) is 12.0 Å². The molecule has 2 nitrogen and oxygen atoms in total. The highest BCUT2D eigenvalue weighted by atomic mass is 15.1. The van der Waals surface area contributed by atoms with Crippen LogP contribution in [0.2, 0.25) is 0 Å². The van der Waals surface area contributed by atoms with E-state index in [1.807, 2.05) is 0 Å². The second-order valence-electron chi connectivity index (χ2n) is 4.68.